The Morgan fingerprint density at radius 2 is 2.00 bits per heavy atom. The molecule has 2 N–H and O–H groups in total. The summed E-state index contributed by atoms with van der Waals surface area (Å²) >= 11 is 1.69. The van der Waals surface area contributed by atoms with E-state index in [-0.39, 0.29) is 0 Å². The Kier molecular flexibility index (Phi) is 2.18. The third-order valence-electron chi connectivity index (χ3n) is 1.28. The second-order valence-electron chi connectivity index (χ2n) is 1.90. The minimum absolute atomic E-state index is 0.918. The molecule has 1 unspecified atom stereocenters. The molecule has 0 saturated heterocycles. The molecule has 0 aliphatic rings. The normalized spacial score (nSPS) is 9.44. The van der Waals surface area contributed by atoms with Crippen LogP contribution in [0.2, 0.25) is 0 Å². The summed E-state index contributed by atoms with van der Waals surface area (Å²) in [5.41, 5.74) is 7.82. The zero-order valence-electron chi connectivity index (χ0n) is 5.17. The fourth-order valence-corrected chi connectivity index (χ4v) is 1.50. The van der Waals surface area contributed by atoms with Gasteiger partial charge in [0.15, 0.2) is 0 Å². The molecule has 0 fully saturated rings. The van der Waals surface area contributed by atoms with Crippen LogP contribution in [0.5, 0.6) is 0 Å². The molecular formula is C7H10AsN. The van der Waals surface area contributed by atoms with E-state index in [1.807, 2.05) is 18.2 Å². The van der Waals surface area contributed by atoms with Crippen LogP contribution in [0.4, 0.5) is 5.69 Å². The van der Waals surface area contributed by atoms with Gasteiger partial charge in [-0.25, -0.2) is 0 Å². The predicted molar refractivity (Wildman–Crippen MR) is 43.1 cm³/mol. The van der Waals surface area contributed by atoms with Gasteiger partial charge in [0, 0.05) is 0 Å². The van der Waals surface area contributed by atoms with E-state index in [1.54, 1.807) is 16.9 Å². The van der Waals surface area contributed by atoms with Gasteiger partial charge in [-0.15, -0.1) is 0 Å². The Bertz CT molecular complexity index is 198. The number of rotatable bonds is 1. The summed E-state index contributed by atoms with van der Waals surface area (Å²) in [7, 11) is 0. The van der Waals surface area contributed by atoms with Crippen LogP contribution in [-0.4, -0.2) is 16.9 Å². The molecule has 0 saturated carbocycles. The van der Waals surface area contributed by atoms with E-state index >= 15 is 0 Å². The van der Waals surface area contributed by atoms with E-state index in [1.165, 1.54) is 5.56 Å². The van der Waals surface area contributed by atoms with E-state index in [4.69, 9.17) is 5.73 Å². The molecule has 0 aliphatic carbocycles. The van der Waals surface area contributed by atoms with E-state index < -0.39 is 0 Å². The van der Waals surface area contributed by atoms with Gasteiger partial charge in [0.1, 0.15) is 0 Å². The Hall–Kier alpha value is -0.422. The Labute approximate surface area is 63.8 Å². The van der Waals surface area contributed by atoms with Crippen LogP contribution in [0.1, 0.15) is 5.56 Å². The predicted octanol–water partition coefficient (Wildman–Crippen LogP) is 0.402. The molecule has 0 bridgehead atoms. The van der Waals surface area contributed by atoms with Crippen molar-refractivity contribution in [2.75, 3.05) is 5.73 Å². The van der Waals surface area contributed by atoms with Crippen molar-refractivity contribution in [3.63, 3.8) is 0 Å². The van der Waals surface area contributed by atoms with Crippen LogP contribution in [0.3, 0.4) is 0 Å². The molecule has 1 rings (SSSR count). The molecule has 0 amide bonds. The number of hydrogen-bond donors (Lipinski definition) is 1. The third-order valence-corrected chi connectivity index (χ3v) is 2.20. The van der Waals surface area contributed by atoms with Crippen molar-refractivity contribution in [1.82, 2.24) is 0 Å². The number of benzene rings is 1. The van der Waals surface area contributed by atoms with E-state index in [2.05, 4.69) is 6.07 Å². The summed E-state index contributed by atoms with van der Waals surface area (Å²) < 4.78 is 0. The van der Waals surface area contributed by atoms with Crippen LogP contribution in [0, 0.1) is 0 Å². The zero-order valence-corrected chi connectivity index (χ0v) is 7.59. The average molecular weight is 183 g/mol. The summed E-state index contributed by atoms with van der Waals surface area (Å²) in [5, 5.41) is 1.08. The SMILES string of the molecule is Nc1ccccc1C[AsH2]. The van der Waals surface area contributed by atoms with Crippen molar-refractivity contribution in [3.8, 4) is 0 Å². The standard InChI is InChI=1S/C7H10AsN/c8-5-6-3-1-2-4-7(6)9/h1-4H,5,8-9H2. The molecule has 0 aliphatic heterocycles. The van der Waals surface area contributed by atoms with Gasteiger partial charge in [-0.2, -0.15) is 0 Å². The van der Waals surface area contributed by atoms with Crippen LogP contribution < -0.4 is 5.73 Å². The number of nitrogens with two attached hydrogens (primary N) is 1. The van der Waals surface area contributed by atoms with Crippen molar-refractivity contribution in [1.29, 1.82) is 0 Å². The van der Waals surface area contributed by atoms with Gasteiger partial charge in [-0.3, -0.25) is 0 Å². The van der Waals surface area contributed by atoms with Gasteiger partial charge in [0.05, 0.1) is 0 Å². The molecule has 1 atom stereocenters. The Morgan fingerprint density at radius 1 is 1.33 bits per heavy atom. The van der Waals surface area contributed by atoms with Crippen LogP contribution in [0.15, 0.2) is 24.3 Å². The number of hydrogen-bond acceptors (Lipinski definition) is 1. The van der Waals surface area contributed by atoms with Gasteiger partial charge >= 0.3 is 63.3 Å². The molecule has 2 heteroatoms. The maximum atomic E-state index is 5.64. The second kappa shape index (κ2) is 2.93. The maximum absolute atomic E-state index is 5.64. The molecule has 0 radical (unpaired) electrons. The van der Waals surface area contributed by atoms with E-state index in [0.29, 0.717) is 0 Å². The molecule has 48 valence electrons. The number of para-hydroxylation sites is 1. The second-order valence-corrected chi connectivity index (χ2v) is 2.76. The van der Waals surface area contributed by atoms with Gasteiger partial charge in [0.2, 0.25) is 0 Å². The number of nitrogen functional groups attached to an aromatic ring is 1. The first-order valence-corrected chi connectivity index (χ1v) is 4.59. The molecule has 0 spiro atoms. The van der Waals surface area contributed by atoms with Crippen LogP contribution >= 0.6 is 0 Å². The quantitative estimate of drug-likeness (QED) is 0.495. The minimum atomic E-state index is 0.918. The first-order chi connectivity index (χ1) is 4.34. The summed E-state index contributed by atoms with van der Waals surface area (Å²) in [6, 6.07) is 7.98. The zero-order chi connectivity index (χ0) is 6.69. The molecule has 0 heterocycles. The Morgan fingerprint density at radius 3 is 2.44 bits per heavy atom. The van der Waals surface area contributed by atoms with Crippen molar-refractivity contribution >= 4 is 22.5 Å². The first kappa shape index (κ1) is 6.70. The van der Waals surface area contributed by atoms with Gasteiger partial charge in [-0.05, 0) is 0 Å². The third kappa shape index (κ3) is 1.49. The fraction of sp³-hybridized carbons (Fsp3) is 0.143. The Balaban J connectivity index is 3.01. The van der Waals surface area contributed by atoms with Crippen LogP contribution in [0.25, 0.3) is 0 Å². The topological polar surface area (TPSA) is 26.0 Å². The first-order valence-electron chi connectivity index (χ1n) is 2.88. The van der Waals surface area contributed by atoms with Gasteiger partial charge in [-0.1, -0.05) is 0 Å². The molecule has 1 nitrogen and oxygen atoms in total. The molecular weight excluding hydrogens is 173 g/mol. The van der Waals surface area contributed by atoms with Crippen LogP contribution in [-0.2, 0) is 5.21 Å². The summed E-state index contributed by atoms with van der Waals surface area (Å²) in [4.78, 5) is 0. The monoisotopic (exact) mass is 183 g/mol. The summed E-state index contributed by atoms with van der Waals surface area (Å²) in [5.74, 6) is 0. The van der Waals surface area contributed by atoms with Crippen molar-refractivity contribution in [2.45, 2.75) is 5.21 Å². The van der Waals surface area contributed by atoms with E-state index in [0.717, 1.165) is 10.9 Å². The summed E-state index contributed by atoms with van der Waals surface area (Å²) in [6.07, 6.45) is 0. The molecule has 1 aromatic carbocycles. The molecule has 9 heavy (non-hydrogen) atoms. The van der Waals surface area contributed by atoms with Crippen molar-refractivity contribution in [3.05, 3.63) is 29.8 Å². The molecule has 0 aromatic heterocycles. The average Bonchev–Trinajstić information content (AvgIpc) is 1.89. The molecule has 1 aromatic rings. The fourth-order valence-electron chi connectivity index (χ4n) is 0.720. The van der Waals surface area contributed by atoms with Gasteiger partial charge in [0.25, 0.3) is 0 Å². The van der Waals surface area contributed by atoms with Gasteiger partial charge < -0.3 is 0 Å². The van der Waals surface area contributed by atoms with Crippen molar-refractivity contribution in [2.24, 2.45) is 0 Å². The van der Waals surface area contributed by atoms with Crippen molar-refractivity contribution < 1.29 is 0 Å². The van der Waals surface area contributed by atoms with E-state index in [9.17, 15) is 0 Å². The summed E-state index contributed by atoms with van der Waals surface area (Å²) in [6.45, 7) is 0. The number of anilines is 1.